The van der Waals surface area contributed by atoms with Crippen molar-refractivity contribution in [1.29, 1.82) is 0 Å². The van der Waals surface area contributed by atoms with E-state index in [1.807, 2.05) is 6.08 Å². The molecule has 2 N–H and O–H groups in total. The summed E-state index contributed by atoms with van der Waals surface area (Å²) in [6.45, 7) is 0. The predicted molar refractivity (Wildman–Crippen MR) is 52.4 cm³/mol. The van der Waals surface area contributed by atoms with Gasteiger partial charge in [-0.05, 0) is 24.0 Å². The van der Waals surface area contributed by atoms with Gasteiger partial charge in [-0.25, -0.2) is 0 Å². The summed E-state index contributed by atoms with van der Waals surface area (Å²) in [6, 6.07) is 0.0821. The zero-order valence-corrected chi connectivity index (χ0v) is 7.40. The minimum atomic E-state index is 0.0821. The van der Waals surface area contributed by atoms with Crippen molar-refractivity contribution in [2.75, 3.05) is 0 Å². The molecule has 1 atom stereocenters. The van der Waals surface area contributed by atoms with Crippen LogP contribution in [0.3, 0.4) is 0 Å². The molecule has 0 saturated carbocycles. The van der Waals surface area contributed by atoms with Crippen LogP contribution in [0.15, 0.2) is 47.6 Å². The Kier molecular flexibility index (Phi) is 2.43. The van der Waals surface area contributed by atoms with Gasteiger partial charge in [-0.3, -0.25) is 0 Å². The highest BCUT2D eigenvalue weighted by Crippen LogP contribution is 2.24. The Hall–Kier alpha value is -1.12. The maximum atomic E-state index is 8.69. The molecule has 0 heterocycles. The number of hydroxylamine groups is 1. The normalized spacial score (nSPS) is 26.1. The fourth-order valence-electron chi connectivity index (χ4n) is 1.62. The van der Waals surface area contributed by atoms with Crippen molar-refractivity contribution < 1.29 is 5.21 Å². The highest BCUT2D eigenvalue weighted by molar-refractivity contribution is 5.47. The van der Waals surface area contributed by atoms with Crippen molar-refractivity contribution >= 4 is 0 Å². The van der Waals surface area contributed by atoms with Crippen molar-refractivity contribution in [1.82, 2.24) is 5.48 Å². The molecule has 2 aliphatic rings. The third kappa shape index (κ3) is 1.79. The summed E-state index contributed by atoms with van der Waals surface area (Å²) >= 11 is 0. The molecule has 0 amide bonds. The molecule has 0 fully saturated rings. The summed E-state index contributed by atoms with van der Waals surface area (Å²) < 4.78 is 0. The summed E-state index contributed by atoms with van der Waals surface area (Å²) in [4.78, 5) is 0. The average Bonchev–Trinajstić information content (AvgIpc) is 2.71. The topological polar surface area (TPSA) is 32.3 Å². The van der Waals surface area contributed by atoms with Gasteiger partial charge in [0, 0.05) is 0 Å². The molecule has 0 radical (unpaired) electrons. The summed E-state index contributed by atoms with van der Waals surface area (Å²) in [5.74, 6) is 0. The van der Waals surface area contributed by atoms with Crippen LogP contribution in [-0.2, 0) is 0 Å². The van der Waals surface area contributed by atoms with E-state index in [-0.39, 0.29) is 6.04 Å². The largest absolute Gasteiger partial charge is 0.316 e. The van der Waals surface area contributed by atoms with Crippen molar-refractivity contribution in [3.63, 3.8) is 0 Å². The van der Waals surface area contributed by atoms with E-state index in [0.717, 1.165) is 12.8 Å². The Bertz CT molecular complexity index is 310. The summed E-state index contributed by atoms with van der Waals surface area (Å²) in [5.41, 5.74) is 4.91. The third-order valence-corrected chi connectivity index (χ3v) is 2.41. The first-order chi connectivity index (χ1) is 6.40. The number of hydrogen-bond acceptors (Lipinski definition) is 2. The van der Waals surface area contributed by atoms with Gasteiger partial charge in [-0.1, -0.05) is 36.5 Å². The zero-order chi connectivity index (χ0) is 9.10. The van der Waals surface area contributed by atoms with Crippen molar-refractivity contribution in [3.8, 4) is 0 Å². The molecule has 0 aliphatic heterocycles. The molecular formula is C11H13NO. The van der Waals surface area contributed by atoms with Gasteiger partial charge < -0.3 is 5.21 Å². The molecule has 0 aromatic rings. The molecule has 2 nitrogen and oxygen atoms in total. The monoisotopic (exact) mass is 175 g/mol. The van der Waals surface area contributed by atoms with Crippen LogP contribution in [0.5, 0.6) is 0 Å². The molecule has 2 rings (SSSR count). The van der Waals surface area contributed by atoms with E-state index < -0.39 is 0 Å². The van der Waals surface area contributed by atoms with Crippen molar-refractivity contribution in [3.05, 3.63) is 47.6 Å². The van der Waals surface area contributed by atoms with E-state index in [0.29, 0.717) is 0 Å². The smallest absolute Gasteiger partial charge is 0.0537 e. The second-order valence-electron chi connectivity index (χ2n) is 3.31. The minimum absolute atomic E-state index is 0.0821. The van der Waals surface area contributed by atoms with Crippen LogP contribution >= 0.6 is 0 Å². The summed E-state index contributed by atoms with van der Waals surface area (Å²) in [6.07, 6.45) is 14.5. The Morgan fingerprint density at radius 1 is 1.46 bits per heavy atom. The lowest BCUT2D eigenvalue weighted by Crippen LogP contribution is -2.24. The van der Waals surface area contributed by atoms with Crippen LogP contribution < -0.4 is 5.48 Å². The average molecular weight is 175 g/mol. The maximum Gasteiger partial charge on any atom is 0.0537 e. The first-order valence-electron chi connectivity index (χ1n) is 4.54. The molecule has 1 unspecified atom stereocenters. The number of hydrogen-bond donors (Lipinski definition) is 2. The molecule has 0 aromatic carbocycles. The summed E-state index contributed by atoms with van der Waals surface area (Å²) in [7, 11) is 0. The first-order valence-corrected chi connectivity index (χ1v) is 4.54. The van der Waals surface area contributed by atoms with Crippen LogP contribution in [0.4, 0.5) is 0 Å². The van der Waals surface area contributed by atoms with E-state index in [1.54, 1.807) is 0 Å². The van der Waals surface area contributed by atoms with Crippen molar-refractivity contribution in [2.45, 2.75) is 18.9 Å². The molecule has 13 heavy (non-hydrogen) atoms. The summed E-state index contributed by atoms with van der Waals surface area (Å²) in [5, 5.41) is 8.69. The molecule has 0 spiro atoms. The standard InChI is InChI=1S/C11H13NO/c13-12-11-7-5-10(6-8-11)9-3-1-2-4-9/h1-3,5-7,11-13H,4,8H2. The first kappa shape index (κ1) is 8.48. The maximum absolute atomic E-state index is 8.69. The predicted octanol–water partition coefficient (Wildman–Crippen LogP) is 2.11. The van der Waals surface area contributed by atoms with Gasteiger partial charge in [0.1, 0.15) is 0 Å². The van der Waals surface area contributed by atoms with Crippen LogP contribution in [-0.4, -0.2) is 11.2 Å². The highest BCUT2D eigenvalue weighted by Gasteiger charge is 2.10. The minimum Gasteiger partial charge on any atom is -0.316 e. The van der Waals surface area contributed by atoms with Gasteiger partial charge >= 0.3 is 0 Å². The van der Waals surface area contributed by atoms with Crippen LogP contribution in [0.25, 0.3) is 0 Å². The third-order valence-electron chi connectivity index (χ3n) is 2.41. The van der Waals surface area contributed by atoms with Gasteiger partial charge in [0.15, 0.2) is 0 Å². The fourth-order valence-corrected chi connectivity index (χ4v) is 1.62. The quantitative estimate of drug-likeness (QED) is 0.630. The van der Waals surface area contributed by atoms with E-state index in [9.17, 15) is 0 Å². The van der Waals surface area contributed by atoms with Gasteiger partial charge in [-0.15, -0.1) is 0 Å². The molecule has 2 heteroatoms. The molecular weight excluding hydrogens is 162 g/mol. The lowest BCUT2D eigenvalue weighted by molar-refractivity contribution is 0.143. The molecule has 0 aromatic heterocycles. The lowest BCUT2D eigenvalue weighted by Gasteiger charge is -2.14. The molecule has 0 saturated heterocycles. The van der Waals surface area contributed by atoms with Crippen molar-refractivity contribution in [2.24, 2.45) is 0 Å². The second-order valence-corrected chi connectivity index (χ2v) is 3.31. The number of allylic oxidation sites excluding steroid dienone is 6. The van der Waals surface area contributed by atoms with E-state index in [1.165, 1.54) is 11.1 Å². The zero-order valence-electron chi connectivity index (χ0n) is 7.40. The van der Waals surface area contributed by atoms with Gasteiger partial charge in [-0.2, -0.15) is 5.48 Å². The van der Waals surface area contributed by atoms with E-state index >= 15 is 0 Å². The van der Waals surface area contributed by atoms with Gasteiger partial charge in [0.2, 0.25) is 0 Å². The molecule has 0 bridgehead atoms. The fraction of sp³-hybridized carbons (Fsp3) is 0.273. The SMILES string of the molecule is ONC1C=CC(C2=CC=CC2)=CC1. The van der Waals surface area contributed by atoms with Gasteiger partial charge in [0.05, 0.1) is 6.04 Å². The Morgan fingerprint density at radius 3 is 2.92 bits per heavy atom. The molecule has 2 aliphatic carbocycles. The van der Waals surface area contributed by atoms with Crippen LogP contribution in [0.1, 0.15) is 12.8 Å². The van der Waals surface area contributed by atoms with Crippen LogP contribution in [0.2, 0.25) is 0 Å². The second kappa shape index (κ2) is 3.73. The van der Waals surface area contributed by atoms with E-state index in [2.05, 4.69) is 35.9 Å². The number of rotatable bonds is 2. The Morgan fingerprint density at radius 2 is 2.38 bits per heavy atom. The molecule has 68 valence electrons. The highest BCUT2D eigenvalue weighted by atomic mass is 16.5. The Labute approximate surface area is 77.9 Å². The van der Waals surface area contributed by atoms with E-state index in [4.69, 9.17) is 5.21 Å². The number of nitrogens with one attached hydrogen (secondary N) is 1. The Balaban J connectivity index is 2.04. The van der Waals surface area contributed by atoms with Crippen LogP contribution in [0, 0.1) is 0 Å². The van der Waals surface area contributed by atoms with Gasteiger partial charge in [0.25, 0.3) is 0 Å². The lowest BCUT2D eigenvalue weighted by atomic mass is 9.97.